The van der Waals surface area contributed by atoms with Crippen LogP contribution in [0.3, 0.4) is 0 Å². The molecule has 0 unspecified atom stereocenters. The van der Waals surface area contributed by atoms with Crippen LogP contribution in [0.1, 0.15) is 31.8 Å². The lowest BCUT2D eigenvalue weighted by molar-refractivity contribution is 0.101. The number of rotatable bonds is 5. The number of aromatic nitrogens is 2. The molecular formula is C21H22N4O3. The number of methoxy groups -OCH3 is 1. The van der Waals surface area contributed by atoms with Crippen molar-refractivity contribution >= 4 is 23.2 Å². The minimum absolute atomic E-state index is 0.213. The van der Waals surface area contributed by atoms with Gasteiger partial charge in [-0.15, -0.1) is 5.10 Å². The molecule has 0 atom stereocenters. The van der Waals surface area contributed by atoms with E-state index >= 15 is 0 Å². The van der Waals surface area contributed by atoms with Gasteiger partial charge < -0.3 is 15.4 Å². The van der Waals surface area contributed by atoms with E-state index in [1.165, 1.54) is 17.4 Å². The van der Waals surface area contributed by atoms with Crippen molar-refractivity contribution in [2.75, 3.05) is 17.7 Å². The molecule has 144 valence electrons. The van der Waals surface area contributed by atoms with Gasteiger partial charge in [0.05, 0.1) is 7.11 Å². The predicted molar refractivity (Wildman–Crippen MR) is 108 cm³/mol. The number of ether oxygens (including phenoxy) is 1. The third-order valence-electron chi connectivity index (χ3n) is 4.40. The molecule has 0 fully saturated rings. The Morgan fingerprint density at radius 1 is 0.929 bits per heavy atom. The summed E-state index contributed by atoms with van der Waals surface area (Å²) in [4.78, 5) is 24.8. The average molecular weight is 378 g/mol. The van der Waals surface area contributed by atoms with Crippen molar-refractivity contribution in [3.8, 4) is 5.88 Å². The molecule has 7 nitrogen and oxygen atoms in total. The zero-order valence-electron chi connectivity index (χ0n) is 16.2. The van der Waals surface area contributed by atoms with Crippen molar-refractivity contribution in [2.24, 2.45) is 7.05 Å². The monoisotopic (exact) mass is 378 g/mol. The van der Waals surface area contributed by atoms with Crippen molar-refractivity contribution in [2.45, 2.75) is 13.8 Å². The third kappa shape index (κ3) is 4.20. The quantitative estimate of drug-likeness (QED) is 0.711. The highest BCUT2D eigenvalue weighted by atomic mass is 16.5. The van der Waals surface area contributed by atoms with Crippen LogP contribution >= 0.6 is 0 Å². The molecule has 7 heteroatoms. The summed E-state index contributed by atoms with van der Waals surface area (Å²) in [5.74, 6) is -0.295. The van der Waals surface area contributed by atoms with E-state index in [4.69, 9.17) is 4.74 Å². The largest absolute Gasteiger partial charge is 0.479 e. The fourth-order valence-electron chi connectivity index (χ4n) is 2.70. The van der Waals surface area contributed by atoms with E-state index in [-0.39, 0.29) is 17.7 Å². The number of aryl methyl sites for hydroxylation is 3. The van der Waals surface area contributed by atoms with Gasteiger partial charge in [0.2, 0.25) is 5.88 Å². The Hall–Kier alpha value is -3.61. The number of amides is 2. The maximum absolute atomic E-state index is 12.4. The summed E-state index contributed by atoms with van der Waals surface area (Å²) in [6.07, 6.45) is 1.58. The first-order valence-electron chi connectivity index (χ1n) is 8.75. The van der Waals surface area contributed by atoms with Crippen LogP contribution in [-0.4, -0.2) is 28.7 Å². The maximum Gasteiger partial charge on any atom is 0.262 e. The van der Waals surface area contributed by atoms with Gasteiger partial charge in [-0.3, -0.25) is 14.3 Å². The summed E-state index contributed by atoms with van der Waals surface area (Å²) in [5.41, 5.74) is 4.43. The first-order chi connectivity index (χ1) is 13.4. The molecule has 0 aliphatic rings. The first kappa shape index (κ1) is 19.2. The van der Waals surface area contributed by atoms with Crippen LogP contribution in [0.4, 0.5) is 11.4 Å². The normalized spacial score (nSPS) is 10.4. The van der Waals surface area contributed by atoms with Gasteiger partial charge in [0.1, 0.15) is 5.56 Å². The average Bonchev–Trinajstić information content (AvgIpc) is 3.06. The molecule has 28 heavy (non-hydrogen) atoms. The van der Waals surface area contributed by atoms with Crippen LogP contribution in [0.15, 0.2) is 48.7 Å². The number of benzene rings is 2. The van der Waals surface area contributed by atoms with Gasteiger partial charge in [-0.2, -0.15) is 0 Å². The number of nitrogens with one attached hydrogen (secondary N) is 2. The Kier molecular flexibility index (Phi) is 5.44. The molecule has 1 aromatic heterocycles. The van der Waals surface area contributed by atoms with Crippen molar-refractivity contribution < 1.29 is 14.3 Å². The Morgan fingerprint density at radius 2 is 1.57 bits per heavy atom. The van der Waals surface area contributed by atoms with Crippen molar-refractivity contribution in [3.63, 3.8) is 0 Å². The zero-order chi connectivity index (χ0) is 20.3. The molecule has 0 bridgehead atoms. The fraction of sp³-hybridized carbons (Fsp3) is 0.190. The number of hydrogen-bond acceptors (Lipinski definition) is 4. The van der Waals surface area contributed by atoms with Crippen molar-refractivity contribution in [1.29, 1.82) is 0 Å². The Morgan fingerprint density at radius 3 is 2.21 bits per heavy atom. The van der Waals surface area contributed by atoms with E-state index in [2.05, 4.69) is 15.7 Å². The van der Waals surface area contributed by atoms with Gasteiger partial charge in [-0.25, -0.2) is 0 Å². The number of carbonyl (C=O) groups excluding carboxylic acids is 2. The lowest BCUT2D eigenvalue weighted by Crippen LogP contribution is -2.14. The summed E-state index contributed by atoms with van der Waals surface area (Å²) >= 11 is 0. The van der Waals surface area contributed by atoms with Crippen LogP contribution in [0, 0.1) is 13.8 Å². The smallest absolute Gasteiger partial charge is 0.262 e. The summed E-state index contributed by atoms with van der Waals surface area (Å²) in [7, 11) is 3.17. The highest BCUT2D eigenvalue weighted by Gasteiger charge is 2.16. The molecule has 0 saturated carbocycles. The standard InChI is InChI=1S/C21H22N4O3/c1-13-5-8-17(11-14(13)2)23-19(26)15-6-9-16(10-7-15)22-20(27)18-12-25(3)24-21(18)28-4/h5-12H,1-4H3,(H,22,27)(H,23,26). The van der Waals surface area contributed by atoms with E-state index < -0.39 is 0 Å². The van der Waals surface area contributed by atoms with Crippen LogP contribution in [0.25, 0.3) is 0 Å². The molecule has 1 heterocycles. The van der Waals surface area contributed by atoms with Crippen LogP contribution in [-0.2, 0) is 7.05 Å². The number of nitrogens with zero attached hydrogens (tertiary/aromatic N) is 2. The highest BCUT2D eigenvalue weighted by molar-refractivity contribution is 6.07. The second-order valence-corrected chi connectivity index (χ2v) is 6.51. The SMILES string of the molecule is COc1nn(C)cc1C(=O)Nc1ccc(C(=O)Nc2ccc(C)c(C)c2)cc1. The molecule has 3 aromatic rings. The molecule has 2 aromatic carbocycles. The van der Waals surface area contributed by atoms with E-state index in [0.717, 1.165) is 11.3 Å². The molecule has 0 saturated heterocycles. The van der Waals surface area contributed by atoms with Gasteiger partial charge in [-0.05, 0) is 61.4 Å². The zero-order valence-corrected chi connectivity index (χ0v) is 16.2. The molecular weight excluding hydrogens is 356 g/mol. The Bertz CT molecular complexity index is 1020. The van der Waals surface area contributed by atoms with Gasteiger partial charge in [0.15, 0.2) is 0 Å². The van der Waals surface area contributed by atoms with Gasteiger partial charge >= 0.3 is 0 Å². The van der Waals surface area contributed by atoms with E-state index in [1.54, 1.807) is 37.5 Å². The number of hydrogen-bond donors (Lipinski definition) is 2. The molecule has 2 amide bonds. The number of anilines is 2. The summed E-state index contributed by atoms with van der Waals surface area (Å²) in [5, 5.41) is 9.71. The Labute approximate surface area is 163 Å². The third-order valence-corrected chi connectivity index (χ3v) is 4.40. The lowest BCUT2D eigenvalue weighted by atomic mass is 10.1. The van der Waals surface area contributed by atoms with Crippen LogP contribution in [0.5, 0.6) is 5.88 Å². The maximum atomic E-state index is 12.4. The van der Waals surface area contributed by atoms with Crippen molar-refractivity contribution in [3.05, 3.63) is 70.9 Å². The second-order valence-electron chi connectivity index (χ2n) is 6.51. The van der Waals surface area contributed by atoms with E-state index in [9.17, 15) is 9.59 Å². The second kappa shape index (κ2) is 7.96. The van der Waals surface area contributed by atoms with Crippen LogP contribution < -0.4 is 15.4 Å². The first-order valence-corrected chi connectivity index (χ1v) is 8.75. The lowest BCUT2D eigenvalue weighted by Gasteiger charge is -2.09. The summed E-state index contributed by atoms with van der Waals surface area (Å²) in [6, 6.07) is 12.4. The van der Waals surface area contributed by atoms with Gasteiger partial charge in [0.25, 0.3) is 11.8 Å². The molecule has 0 aliphatic heterocycles. The van der Waals surface area contributed by atoms with E-state index in [1.807, 2.05) is 32.0 Å². The van der Waals surface area contributed by atoms with E-state index in [0.29, 0.717) is 16.8 Å². The predicted octanol–water partition coefficient (Wildman–Crippen LogP) is 3.55. The summed E-state index contributed by atoms with van der Waals surface area (Å²) < 4.78 is 6.61. The minimum atomic E-state index is -0.336. The fourth-order valence-corrected chi connectivity index (χ4v) is 2.70. The number of carbonyl (C=O) groups is 2. The highest BCUT2D eigenvalue weighted by Crippen LogP contribution is 2.19. The molecule has 3 rings (SSSR count). The topological polar surface area (TPSA) is 85.2 Å². The Balaban J connectivity index is 1.68. The molecule has 0 spiro atoms. The molecule has 0 aliphatic carbocycles. The molecule has 0 radical (unpaired) electrons. The van der Waals surface area contributed by atoms with Crippen LogP contribution in [0.2, 0.25) is 0 Å². The van der Waals surface area contributed by atoms with Crippen molar-refractivity contribution in [1.82, 2.24) is 9.78 Å². The van der Waals surface area contributed by atoms with Gasteiger partial charge in [0, 0.05) is 30.2 Å². The minimum Gasteiger partial charge on any atom is -0.479 e. The summed E-state index contributed by atoms with van der Waals surface area (Å²) in [6.45, 7) is 4.02. The molecule has 2 N–H and O–H groups in total. The van der Waals surface area contributed by atoms with Gasteiger partial charge in [-0.1, -0.05) is 6.07 Å².